The fourth-order valence-electron chi connectivity index (χ4n) is 5.93. The number of amides is 3. The Balaban J connectivity index is 1.58. The second-order valence-electron chi connectivity index (χ2n) is 13.4. The molecule has 15 heteroatoms. The molecular formula is C37H58N7O8. The number of hydrogen-bond donors (Lipinski definition) is 7. The number of rotatable bonds is 32. The van der Waals surface area contributed by atoms with E-state index in [0.29, 0.717) is 17.8 Å². The molecule has 0 aromatic carbocycles. The first-order valence-electron chi connectivity index (χ1n) is 18.8. The van der Waals surface area contributed by atoms with Crippen LogP contribution in [0.4, 0.5) is 0 Å². The number of nitrogens with zero attached hydrogens (tertiary/aromatic N) is 2. The van der Waals surface area contributed by atoms with Crippen LogP contribution >= 0.6 is 0 Å². The topological polar surface area (TPSA) is 236 Å². The third-order valence-corrected chi connectivity index (χ3v) is 8.88. The van der Waals surface area contributed by atoms with Gasteiger partial charge in [0.2, 0.25) is 24.0 Å². The van der Waals surface area contributed by atoms with Crippen molar-refractivity contribution in [3.8, 4) is 0 Å². The summed E-state index contributed by atoms with van der Waals surface area (Å²) < 4.78 is 0. The molecule has 0 saturated carbocycles. The van der Waals surface area contributed by atoms with Crippen LogP contribution in [0.2, 0.25) is 0 Å². The number of carbonyl (C=O) groups excluding carboxylic acids is 4. The summed E-state index contributed by atoms with van der Waals surface area (Å²) >= 11 is 0. The van der Waals surface area contributed by atoms with Crippen LogP contribution in [0, 0.1) is 0 Å². The minimum Gasteiger partial charge on any atom is -0.481 e. The van der Waals surface area contributed by atoms with E-state index in [0.717, 1.165) is 44.9 Å². The fourth-order valence-corrected chi connectivity index (χ4v) is 5.93. The Morgan fingerprint density at radius 3 is 1.48 bits per heavy atom. The van der Waals surface area contributed by atoms with Crippen LogP contribution in [-0.4, -0.2) is 84.2 Å². The maximum atomic E-state index is 13.1. The quantitative estimate of drug-likeness (QED) is 0.0523. The molecule has 0 fully saturated rings. The van der Waals surface area contributed by atoms with Gasteiger partial charge in [0.1, 0.15) is 18.1 Å². The lowest BCUT2D eigenvalue weighted by atomic mass is 10.0. The average Bonchev–Trinajstić information content (AvgIpc) is 3.83. The summed E-state index contributed by atoms with van der Waals surface area (Å²) in [6, 6.07) is -3.35. The molecule has 15 nitrogen and oxygen atoms in total. The Morgan fingerprint density at radius 2 is 1.04 bits per heavy atom. The van der Waals surface area contributed by atoms with Crippen LogP contribution in [0.1, 0.15) is 140 Å². The van der Waals surface area contributed by atoms with Crippen molar-refractivity contribution in [2.75, 3.05) is 0 Å². The predicted molar refractivity (Wildman–Crippen MR) is 194 cm³/mol. The number of unbranched alkanes of at least 4 members (excludes halogenated alkanes) is 15. The van der Waals surface area contributed by atoms with Crippen molar-refractivity contribution >= 4 is 35.9 Å². The smallest absolute Gasteiger partial charge is 0.326 e. The highest BCUT2D eigenvalue weighted by atomic mass is 16.4. The van der Waals surface area contributed by atoms with Crippen LogP contribution in [0.5, 0.6) is 0 Å². The zero-order chi connectivity index (χ0) is 37.8. The standard InChI is InChI=1S/C37H58N7O8/c45-25-30(21-28-23-38-26-40-28)42-36(50)32(22-29-24-39-27-41-29)44-34(47)20-19-31(37(51)52)43-33(46)17-15-13-11-9-7-5-3-1-2-4-6-8-10-12-14-16-18-35(48)49/h23-24,26-27,30-32H,1-22H2,(H,38,40)(H,39,41)(H,42,50)(H,43,46)(H,44,47)(H,48,49)(H,51,52)/t30-,31-,32-/m0/s1. The summed E-state index contributed by atoms with van der Waals surface area (Å²) in [5.41, 5.74) is 1.04. The van der Waals surface area contributed by atoms with Gasteiger partial charge in [-0.2, -0.15) is 0 Å². The molecule has 0 unspecified atom stereocenters. The first kappa shape index (κ1) is 43.6. The normalized spacial score (nSPS) is 12.8. The highest BCUT2D eigenvalue weighted by molar-refractivity contribution is 5.90. The van der Waals surface area contributed by atoms with Gasteiger partial charge in [0.25, 0.3) is 0 Å². The Kier molecular flexibility index (Phi) is 22.8. The Morgan fingerprint density at radius 1 is 0.596 bits per heavy atom. The molecule has 0 bridgehead atoms. The number of carboxylic acids is 2. The van der Waals surface area contributed by atoms with E-state index in [4.69, 9.17) is 5.11 Å². The average molecular weight is 729 g/mol. The summed E-state index contributed by atoms with van der Waals surface area (Å²) in [6.45, 7) is 0. The van der Waals surface area contributed by atoms with Crippen molar-refractivity contribution in [3.63, 3.8) is 0 Å². The van der Waals surface area contributed by atoms with Gasteiger partial charge < -0.3 is 36.1 Å². The third-order valence-electron chi connectivity index (χ3n) is 8.88. The number of nitrogens with one attached hydrogen (secondary N) is 5. The zero-order valence-corrected chi connectivity index (χ0v) is 30.3. The van der Waals surface area contributed by atoms with E-state index in [1.165, 1.54) is 64.0 Å². The summed E-state index contributed by atoms with van der Waals surface area (Å²) in [6.07, 6.45) is 25.6. The largest absolute Gasteiger partial charge is 0.481 e. The monoisotopic (exact) mass is 728 g/mol. The Bertz CT molecular complexity index is 1300. The van der Waals surface area contributed by atoms with E-state index < -0.39 is 41.9 Å². The first-order chi connectivity index (χ1) is 25.2. The van der Waals surface area contributed by atoms with Gasteiger partial charge >= 0.3 is 11.9 Å². The molecule has 2 aromatic heterocycles. The lowest BCUT2D eigenvalue weighted by Gasteiger charge is -2.20. The molecule has 7 N–H and O–H groups in total. The van der Waals surface area contributed by atoms with E-state index in [1.807, 2.05) is 0 Å². The molecule has 289 valence electrons. The zero-order valence-electron chi connectivity index (χ0n) is 30.3. The summed E-state index contributed by atoms with van der Waals surface area (Å²) in [4.78, 5) is 85.9. The molecule has 52 heavy (non-hydrogen) atoms. The van der Waals surface area contributed by atoms with Crippen LogP contribution in [0.3, 0.4) is 0 Å². The minimum absolute atomic E-state index is 0.0238. The SMILES string of the molecule is O=[C][C@H](Cc1c[nH]cn1)NC(=O)[C@H](Cc1c[nH]cn1)NC(=O)CC[C@H](NC(=O)CCCCCCCCCCCCCCCCCCC(=O)O)C(=O)O. The van der Waals surface area contributed by atoms with Crippen LogP contribution in [0.25, 0.3) is 0 Å². The van der Waals surface area contributed by atoms with Gasteiger partial charge in [-0.25, -0.2) is 14.8 Å². The van der Waals surface area contributed by atoms with E-state index in [1.54, 1.807) is 18.7 Å². The molecule has 0 aliphatic carbocycles. The number of imidazole rings is 2. The third kappa shape index (κ3) is 21.0. The van der Waals surface area contributed by atoms with E-state index in [-0.39, 0.29) is 44.4 Å². The molecular weight excluding hydrogens is 670 g/mol. The van der Waals surface area contributed by atoms with Gasteiger partial charge in [0.15, 0.2) is 0 Å². The Hall–Kier alpha value is -4.56. The van der Waals surface area contributed by atoms with Gasteiger partial charge in [-0.05, 0) is 19.3 Å². The number of hydrogen-bond acceptors (Lipinski definition) is 8. The Labute approximate surface area is 306 Å². The van der Waals surface area contributed by atoms with Crippen molar-refractivity contribution in [1.29, 1.82) is 0 Å². The predicted octanol–water partition coefficient (Wildman–Crippen LogP) is 4.45. The molecule has 0 aliphatic heterocycles. The molecule has 2 heterocycles. The molecule has 2 rings (SSSR count). The lowest BCUT2D eigenvalue weighted by Crippen LogP contribution is -2.52. The maximum Gasteiger partial charge on any atom is 0.326 e. The van der Waals surface area contributed by atoms with Gasteiger partial charge in [-0.15, -0.1) is 0 Å². The molecule has 1 radical (unpaired) electrons. The van der Waals surface area contributed by atoms with E-state index >= 15 is 0 Å². The van der Waals surface area contributed by atoms with Gasteiger partial charge in [0.05, 0.1) is 24.0 Å². The van der Waals surface area contributed by atoms with Crippen LogP contribution in [0.15, 0.2) is 25.0 Å². The van der Waals surface area contributed by atoms with E-state index in [2.05, 4.69) is 35.9 Å². The van der Waals surface area contributed by atoms with Crippen molar-refractivity contribution in [3.05, 3.63) is 36.4 Å². The van der Waals surface area contributed by atoms with E-state index in [9.17, 15) is 33.9 Å². The second-order valence-corrected chi connectivity index (χ2v) is 13.4. The number of aromatic nitrogens is 4. The van der Waals surface area contributed by atoms with Crippen LogP contribution < -0.4 is 16.0 Å². The number of aromatic amines is 2. The second kappa shape index (κ2) is 27.1. The highest BCUT2D eigenvalue weighted by Gasteiger charge is 2.27. The number of aliphatic carboxylic acids is 2. The number of carboxylic acid groups (broad SMARTS) is 2. The summed E-state index contributed by atoms with van der Waals surface area (Å²) in [5.74, 6) is -3.56. The van der Waals surface area contributed by atoms with Gasteiger partial charge in [-0.3, -0.25) is 24.0 Å². The number of H-pyrrole nitrogens is 2. The molecule has 0 spiro atoms. The fraction of sp³-hybridized carbons (Fsp3) is 0.676. The molecule has 0 saturated heterocycles. The number of carbonyl (C=O) groups is 5. The highest BCUT2D eigenvalue weighted by Crippen LogP contribution is 2.15. The lowest BCUT2D eigenvalue weighted by molar-refractivity contribution is -0.142. The first-order valence-corrected chi connectivity index (χ1v) is 18.8. The van der Waals surface area contributed by atoms with Crippen molar-refractivity contribution < 1.29 is 39.0 Å². The van der Waals surface area contributed by atoms with Crippen molar-refractivity contribution in [2.45, 2.75) is 159 Å². The van der Waals surface area contributed by atoms with Crippen molar-refractivity contribution in [1.82, 2.24) is 35.9 Å². The maximum absolute atomic E-state index is 13.1. The summed E-state index contributed by atoms with van der Waals surface area (Å²) in [5, 5.41) is 26.0. The molecule has 3 atom stereocenters. The van der Waals surface area contributed by atoms with Gasteiger partial charge in [0, 0.05) is 44.5 Å². The molecule has 3 amide bonds. The molecule has 0 aliphatic rings. The van der Waals surface area contributed by atoms with Crippen LogP contribution in [-0.2, 0) is 41.6 Å². The summed E-state index contributed by atoms with van der Waals surface area (Å²) in [7, 11) is 0. The van der Waals surface area contributed by atoms with Gasteiger partial charge in [-0.1, -0.05) is 89.9 Å². The molecule has 2 aromatic rings. The minimum atomic E-state index is -1.25. The van der Waals surface area contributed by atoms with Crippen molar-refractivity contribution in [2.24, 2.45) is 0 Å².